The molecule has 2 aliphatic rings. The summed E-state index contributed by atoms with van der Waals surface area (Å²) in [5.74, 6) is 2.36. The zero-order valence-electron chi connectivity index (χ0n) is 17.7. The van der Waals surface area contributed by atoms with Crippen molar-refractivity contribution in [1.29, 1.82) is 0 Å². The van der Waals surface area contributed by atoms with Crippen molar-refractivity contribution in [3.8, 4) is 17.2 Å². The van der Waals surface area contributed by atoms with Crippen molar-refractivity contribution >= 4 is 12.1 Å². The summed E-state index contributed by atoms with van der Waals surface area (Å²) >= 11 is 0. The molecule has 0 spiro atoms. The second-order valence-electron chi connectivity index (χ2n) is 7.69. The van der Waals surface area contributed by atoms with Crippen LogP contribution in [0.25, 0.3) is 0 Å². The lowest BCUT2D eigenvalue weighted by molar-refractivity contribution is -0.108. The van der Waals surface area contributed by atoms with E-state index >= 15 is 0 Å². The lowest BCUT2D eigenvalue weighted by atomic mass is 10.1. The minimum absolute atomic E-state index is 0.538. The maximum atomic E-state index is 11.8. The number of piperazine rings is 1. The molecule has 0 aliphatic carbocycles. The molecule has 0 N–H and O–H groups in total. The smallest absolute Gasteiger partial charge is 0.215 e. The zero-order chi connectivity index (χ0) is 20.9. The first-order valence-electron chi connectivity index (χ1n) is 10.3. The molecule has 0 unspecified atom stereocenters. The molecule has 4 rings (SSSR count). The van der Waals surface area contributed by atoms with Gasteiger partial charge in [0, 0.05) is 45.2 Å². The van der Waals surface area contributed by atoms with Crippen molar-refractivity contribution in [3.05, 3.63) is 47.5 Å². The second-order valence-corrected chi connectivity index (χ2v) is 7.69. The molecule has 7 heteroatoms. The molecule has 30 heavy (non-hydrogen) atoms. The number of rotatable bonds is 8. The highest BCUT2D eigenvalue weighted by molar-refractivity contribution is 5.79. The van der Waals surface area contributed by atoms with Gasteiger partial charge in [0.25, 0.3) is 0 Å². The van der Waals surface area contributed by atoms with Crippen LogP contribution in [0.4, 0.5) is 5.69 Å². The highest BCUT2D eigenvalue weighted by Crippen LogP contribution is 2.32. The molecule has 1 amide bonds. The number of carbonyl (C=O) groups is 1. The second kappa shape index (κ2) is 9.36. The SMILES string of the molecule is COc1ccc(N(C=O)CN2CCN(Cc3ccc4c(c3)CCO4)CC2)c(OC)c1. The first-order chi connectivity index (χ1) is 14.7. The van der Waals surface area contributed by atoms with Crippen molar-refractivity contribution in [3.63, 3.8) is 0 Å². The van der Waals surface area contributed by atoms with E-state index in [0.29, 0.717) is 18.2 Å². The van der Waals surface area contributed by atoms with E-state index in [2.05, 4.69) is 28.0 Å². The number of hydrogen-bond acceptors (Lipinski definition) is 6. The fraction of sp³-hybridized carbons (Fsp3) is 0.435. The Balaban J connectivity index is 1.33. The summed E-state index contributed by atoms with van der Waals surface area (Å²) in [4.78, 5) is 18.2. The topological polar surface area (TPSA) is 54.5 Å². The van der Waals surface area contributed by atoms with Crippen LogP contribution in [0.15, 0.2) is 36.4 Å². The highest BCUT2D eigenvalue weighted by atomic mass is 16.5. The zero-order valence-corrected chi connectivity index (χ0v) is 17.7. The van der Waals surface area contributed by atoms with Gasteiger partial charge in [-0.3, -0.25) is 19.5 Å². The third-order valence-corrected chi connectivity index (χ3v) is 5.80. The van der Waals surface area contributed by atoms with Gasteiger partial charge in [0.05, 0.1) is 33.2 Å². The largest absolute Gasteiger partial charge is 0.497 e. The third kappa shape index (κ3) is 4.52. The first-order valence-corrected chi connectivity index (χ1v) is 10.3. The molecule has 1 fully saturated rings. The quantitative estimate of drug-likeness (QED) is 0.622. The van der Waals surface area contributed by atoms with E-state index < -0.39 is 0 Å². The lowest BCUT2D eigenvalue weighted by Crippen LogP contribution is -2.49. The van der Waals surface area contributed by atoms with Gasteiger partial charge >= 0.3 is 0 Å². The van der Waals surface area contributed by atoms with Gasteiger partial charge in [-0.15, -0.1) is 0 Å². The van der Waals surface area contributed by atoms with Crippen LogP contribution in [0.1, 0.15) is 11.1 Å². The van der Waals surface area contributed by atoms with Gasteiger partial charge in [-0.1, -0.05) is 12.1 Å². The van der Waals surface area contributed by atoms with Crippen LogP contribution >= 0.6 is 0 Å². The molecule has 2 aliphatic heterocycles. The third-order valence-electron chi connectivity index (χ3n) is 5.80. The van der Waals surface area contributed by atoms with E-state index in [-0.39, 0.29) is 0 Å². The number of nitrogens with zero attached hydrogens (tertiary/aromatic N) is 3. The molecule has 2 aromatic rings. The van der Waals surface area contributed by atoms with E-state index in [4.69, 9.17) is 14.2 Å². The Kier molecular flexibility index (Phi) is 6.40. The predicted molar refractivity (Wildman–Crippen MR) is 115 cm³/mol. The summed E-state index contributed by atoms with van der Waals surface area (Å²) in [7, 11) is 3.22. The van der Waals surface area contributed by atoms with Gasteiger partial charge < -0.3 is 14.2 Å². The summed E-state index contributed by atoms with van der Waals surface area (Å²) in [5, 5.41) is 0. The standard InChI is InChI=1S/C23H29N3O4/c1-28-20-4-5-21(23(14-20)29-2)26(17-27)16-25-10-8-24(9-11-25)15-18-3-6-22-19(13-18)7-12-30-22/h3-6,13-14,17H,7-12,15-16H2,1-2H3. The fourth-order valence-corrected chi connectivity index (χ4v) is 4.09. The number of ether oxygens (including phenoxy) is 3. The Bertz CT molecular complexity index is 881. The summed E-state index contributed by atoms with van der Waals surface area (Å²) in [5.41, 5.74) is 3.41. The fourth-order valence-electron chi connectivity index (χ4n) is 4.09. The van der Waals surface area contributed by atoms with Crippen molar-refractivity contribution in [2.24, 2.45) is 0 Å². The normalized spacial score (nSPS) is 16.6. The molecule has 0 saturated carbocycles. The first kappa shape index (κ1) is 20.5. The van der Waals surface area contributed by atoms with Crippen LogP contribution < -0.4 is 19.1 Å². The van der Waals surface area contributed by atoms with Crippen LogP contribution in [0.5, 0.6) is 17.2 Å². The van der Waals surface area contributed by atoms with Gasteiger partial charge in [0.15, 0.2) is 0 Å². The lowest BCUT2D eigenvalue weighted by Gasteiger charge is -2.36. The van der Waals surface area contributed by atoms with Crippen molar-refractivity contribution in [2.75, 3.05) is 58.6 Å². The highest BCUT2D eigenvalue weighted by Gasteiger charge is 2.21. The summed E-state index contributed by atoms with van der Waals surface area (Å²) in [6.07, 6.45) is 1.87. The summed E-state index contributed by atoms with van der Waals surface area (Å²) in [6, 6.07) is 12.0. The monoisotopic (exact) mass is 411 g/mol. The number of anilines is 1. The van der Waals surface area contributed by atoms with Crippen LogP contribution in [0.2, 0.25) is 0 Å². The molecular formula is C23H29N3O4. The summed E-state index contributed by atoms with van der Waals surface area (Å²) < 4.78 is 16.3. The van der Waals surface area contributed by atoms with Gasteiger partial charge in [-0.25, -0.2) is 0 Å². The molecule has 0 bridgehead atoms. The molecule has 7 nitrogen and oxygen atoms in total. The average Bonchev–Trinajstić information content (AvgIpc) is 3.26. The molecule has 0 atom stereocenters. The number of hydrogen-bond donors (Lipinski definition) is 0. The molecule has 2 heterocycles. The van der Waals surface area contributed by atoms with E-state index in [1.807, 2.05) is 12.1 Å². The summed E-state index contributed by atoms with van der Waals surface area (Å²) in [6.45, 7) is 6.05. The Morgan fingerprint density at radius 1 is 1.03 bits per heavy atom. The molecule has 1 saturated heterocycles. The Hall–Kier alpha value is -2.77. The number of fused-ring (bicyclic) bond motifs is 1. The number of amides is 1. The van der Waals surface area contributed by atoms with Crippen molar-refractivity contribution in [1.82, 2.24) is 9.80 Å². The molecule has 2 aromatic carbocycles. The molecule has 0 aromatic heterocycles. The van der Waals surface area contributed by atoms with E-state index in [0.717, 1.165) is 63.6 Å². The van der Waals surface area contributed by atoms with Crippen LogP contribution in [-0.4, -0.2) is 69.9 Å². The van der Waals surface area contributed by atoms with E-state index in [9.17, 15) is 4.79 Å². The van der Waals surface area contributed by atoms with Crippen molar-refractivity contribution < 1.29 is 19.0 Å². The van der Waals surface area contributed by atoms with E-state index in [1.54, 1.807) is 25.2 Å². The Morgan fingerprint density at radius 3 is 2.57 bits per heavy atom. The van der Waals surface area contributed by atoms with Crippen LogP contribution in [-0.2, 0) is 17.8 Å². The molecular weight excluding hydrogens is 382 g/mol. The van der Waals surface area contributed by atoms with Gasteiger partial charge in [0.1, 0.15) is 17.2 Å². The van der Waals surface area contributed by atoms with E-state index in [1.165, 1.54) is 11.1 Å². The maximum absolute atomic E-state index is 11.8. The number of benzene rings is 2. The maximum Gasteiger partial charge on any atom is 0.215 e. The van der Waals surface area contributed by atoms with Gasteiger partial charge in [-0.2, -0.15) is 0 Å². The number of methoxy groups -OCH3 is 2. The van der Waals surface area contributed by atoms with Gasteiger partial charge in [-0.05, 0) is 29.3 Å². The molecule has 160 valence electrons. The van der Waals surface area contributed by atoms with Crippen LogP contribution in [0, 0.1) is 0 Å². The van der Waals surface area contributed by atoms with Gasteiger partial charge in [0.2, 0.25) is 6.41 Å². The average molecular weight is 412 g/mol. The molecule has 0 radical (unpaired) electrons. The minimum atomic E-state index is 0.538. The Labute approximate surface area is 177 Å². The van der Waals surface area contributed by atoms with Crippen molar-refractivity contribution in [2.45, 2.75) is 13.0 Å². The Morgan fingerprint density at radius 2 is 1.83 bits per heavy atom. The predicted octanol–water partition coefficient (Wildman–Crippen LogP) is 2.38. The van der Waals surface area contributed by atoms with Crippen LogP contribution in [0.3, 0.4) is 0 Å². The number of carbonyl (C=O) groups excluding carboxylic acids is 1. The minimum Gasteiger partial charge on any atom is -0.497 e.